The molecule has 5 aliphatic heterocycles. The van der Waals surface area contributed by atoms with Crippen molar-refractivity contribution >= 4 is 17.4 Å². The number of nitrogens with zero attached hydrogens (tertiary/aromatic N) is 7. The molecule has 5 atom stereocenters. The molecular weight excluding hydrogens is 590 g/mol. The number of carbonyl (C=O) groups excluding carboxylic acids is 1. The van der Waals surface area contributed by atoms with Gasteiger partial charge in [0.05, 0.1) is 18.5 Å². The van der Waals surface area contributed by atoms with Crippen molar-refractivity contribution in [3.8, 4) is 0 Å². The smallest absolute Gasteiger partial charge is 0.280 e. The minimum atomic E-state index is -2.70. The van der Waals surface area contributed by atoms with Gasteiger partial charge in [0.15, 0.2) is 0 Å². The van der Waals surface area contributed by atoms with Crippen LogP contribution < -0.4 is 9.80 Å². The van der Waals surface area contributed by atoms with E-state index in [4.69, 9.17) is 4.74 Å². The van der Waals surface area contributed by atoms with Crippen molar-refractivity contribution in [2.45, 2.75) is 88.6 Å². The predicted molar refractivity (Wildman–Crippen MR) is 161 cm³/mol. The van der Waals surface area contributed by atoms with E-state index in [2.05, 4.69) is 31.4 Å². The van der Waals surface area contributed by atoms with E-state index in [-0.39, 0.29) is 30.3 Å². The highest BCUT2D eigenvalue weighted by Gasteiger charge is 2.50. The lowest BCUT2D eigenvalue weighted by Gasteiger charge is -2.55. The van der Waals surface area contributed by atoms with Crippen LogP contribution in [0.25, 0.3) is 0 Å². The van der Waals surface area contributed by atoms with E-state index >= 15 is 0 Å². The van der Waals surface area contributed by atoms with E-state index in [1.165, 1.54) is 10.8 Å². The number of aryl methyl sites for hydroxylation is 1. The summed E-state index contributed by atoms with van der Waals surface area (Å²) in [7, 11) is 0. The SMILES string of the molecule is C=CC(=O)N1CCN([C@@H]2CN3c4cc(N5CC[C@]6(C[C@H]5C)OCC(C(F)F)n5ncc(C)c56)nc(C(F)F)c4CCC[C@@H]23)CC1. The molecule has 0 N–H and O–H groups in total. The highest BCUT2D eigenvalue weighted by Crippen LogP contribution is 2.48. The van der Waals surface area contributed by atoms with Crippen LogP contribution in [0.4, 0.5) is 29.1 Å². The molecule has 0 radical (unpaired) electrons. The number of alkyl halides is 4. The lowest BCUT2D eigenvalue weighted by Crippen LogP contribution is -2.69. The number of carbonyl (C=O) groups is 1. The molecule has 1 spiro atoms. The van der Waals surface area contributed by atoms with Crippen molar-refractivity contribution in [3.63, 3.8) is 0 Å². The summed E-state index contributed by atoms with van der Waals surface area (Å²) in [5.41, 5.74) is 2.09. The number of anilines is 2. The molecule has 1 unspecified atom stereocenters. The summed E-state index contributed by atoms with van der Waals surface area (Å²) in [4.78, 5) is 25.3. The number of piperidine rings is 1. The zero-order chi connectivity index (χ0) is 31.6. The van der Waals surface area contributed by atoms with Gasteiger partial charge in [-0.25, -0.2) is 22.5 Å². The van der Waals surface area contributed by atoms with Gasteiger partial charge in [-0.1, -0.05) is 6.58 Å². The Morgan fingerprint density at radius 1 is 1.13 bits per heavy atom. The maximum atomic E-state index is 14.6. The Bertz CT molecular complexity index is 1460. The maximum absolute atomic E-state index is 14.6. The first-order valence-corrected chi connectivity index (χ1v) is 16.1. The molecule has 5 aliphatic rings. The summed E-state index contributed by atoms with van der Waals surface area (Å²) >= 11 is 0. The van der Waals surface area contributed by atoms with Gasteiger partial charge in [-0.15, -0.1) is 0 Å². The first-order chi connectivity index (χ1) is 21.6. The standard InChI is InChI=1S/C32H41F4N7O2/c1-4-27(44)40-12-10-39(11-13-40)24-17-42-22(24)7-5-6-21-23(42)14-26(38-28(21)31(35)36)41-9-8-32(15-20(41)3)29-19(2)16-37-43(29)25(18-45-32)30(33)34/h4,14,16,20,22,24-25,30-31H,1,5-13,15,17-18H2,2-3H3/t20-,22+,24-,25?,32-/m1/s1. The van der Waals surface area contributed by atoms with Crippen LogP contribution in [0.5, 0.6) is 0 Å². The number of amides is 1. The molecule has 7 heterocycles. The van der Waals surface area contributed by atoms with Gasteiger partial charge in [-0.05, 0) is 51.2 Å². The lowest BCUT2D eigenvalue weighted by atomic mass is 9.81. The third-order valence-corrected chi connectivity index (χ3v) is 10.8. The number of hydrogen-bond donors (Lipinski definition) is 0. The van der Waals surface area contributed by atoms with Crippen molar-refractivity contribution in [2.24, 2.45) is 0 Å². The molecule has 244 valence electrons. The molecule has 9 nitrogen and oxygen atoms in total. The summed E-state index contributed by atoms with van der Waals surface area (Å²) in [6.45, 7) is 11.5. The summed E-state index contributed by atoms with van der Waals surface area (Å²) < 4.78 is 64.5. The third-order valence-electron chi connectivity index (χ3n) is 10.8. The molecule has 0 saturated carbocycles. The lowest BCUT2D eigenvalue weighted by molar-refractivity contribution is -0.134. The molecule has 2 aromatic heterocycles. The highest BCUT2D eigenvalue weighted by atomic mass is 19.3. The predicted octanol–water partition coefficient (Wildman–Crippen LogP) is 4.47. The minimum absolute atomic E-state index is 0.0427. The molecule has 2 aromatic rings. The Balaban J connectivity index is 1.13. The second-order valence-corrected chi connectivity index (χ2v) is 13.2. The van der Waals surface area contributed by atoms with Crippen LogP contribution in [0.2, 0.25) is 0 Å². The fraction of sp³-hybridized carbons (Fsp3) is 0.656. The van der Waals surface area contributed by atoms with Gasteiger partial charge in [0.2, 0.25) is 5.91 Å². The molecule has 0 bridgehead atoms. The molecule has 1 amide bonds. The van der Waals surface area contributed by atoms with E-state index in [1.807, 2.05) is 24.8 Å². The van der Waals surface area contributed by atoms with Crippen LogP contribution in [0.3, 0.4) is 0 Å². The molecule has 3 fully saturated rings. The summed E-state index contributed by atoms with van der Waals surface area (Å²) in [6, 6.07) is 1.26. The molecule has 7 rings (SSSR count). The number of rotatable bonds is 5. The zero-order valence-electron chi connectivity index (χ0n) is 25.8. The second-order valence-electron chi connectivity index (χ2n) is 13.2. The van der Waals surface area contributed by atoms with Crippen molar-refractivity contribution < 1.29 is 27.1 Å². The Labute approximate surface area is 260 Å². The largest absolute Gasteiger partial charge is 0.366 e. The van der Waals surface area contributed by atoms with Crippen molar-refractivity contribution in [1.82, 2.24) is 24.6 Å². The van der Waals surface area contributed by atoms with Crippen LogP contribution in [0.15, 0.2) is 24.9 Å². The Kier molecular flexibility index (Phi) is 7.82. The first-order valence-electron chi connectivity index (χ1n) is 16.1. The van der Waals surface area contributed by atoms with Gasteiger partial charge in [0, 0.05) is 81.1 Å². The Hall–Kier alpha value is -3.19. The van der Waals surface area contributed by atoms with Crippen molar-refractivity contribution in [2.75, 3.05) is 55.7 Å². The van der Waals surface area contributed by atoms with Gasteiger partial charge >= 0.3 is 0 Å². The number of pyridine rings is 1. The average molecular weight is 632 g/mol. The van der Waals surface area contributed by atoms with E-state index in [0.717, 1.165) is 43.7 Å². The van der Waals surface area contributed by atoms with E-state index in [0.29, 0.717) is 62.0 Å². The van der Waals surface area contributed by atoms with E-state index in [1.54, 1.807) is 6.20 Å². The van der Waals surface area contributed by atoms with Crippen LogP contribution in [-0.4, -0.2) is 101 Å². The topological polar surface area (TPSA) is 70.0 Å². The molecule has 0 aliphatic carbocycles. The van der Waals surface area contributed by atoms with Crippen molar-refractivity contribution in [3.05, 3.63) is 47.4 Å². The number of halogens is 4. The van der Waals surface area contributed by atoms with Crippen molar-refractivity contribution in [1.29, 1.82) is 0 Å². The molecule has 45 heavy (non-hydrogen) atoms. The molecule has 13 heteroatoms. The maximum Gasteiger partial charge on any atom is 0.280 e. The zero-order valence-corrected chi connectivity index (χ0v) is 25.8. The quantitative estimate of drug-likeness (QED) is 0.357. The van der Waals surface area contributed by atoms with Crippen LogP contribution in [0.1, 0.15) is 67.6 Å². The van der Waals surface area contributed by atoms with Gasteiger partial charge in [0.1, 0.15) is 23.2 Å². The molecule has 3 saturated heterocycles. The fourth-order valence-electron chi connectivity index (χ4n) is 8.54. The summed E-state index contributed by atoms with van der Waals surface area (Å²) in [5.74, 6) is 0.484. The number of fused-ring (bicyclic) bond motifs is 5. The summed E-state index contributed by atoms with van der Waals surface area (Å²) in [6.07, 6.45) is 1.000. The van der Waals surface area contributed by atoms with Gasteiger partial charge < -0.3 is 19.4 Å². The van der Waals surface area contributed by atoms with Gasteiger partial charge in [-0.3, -0.25) is 14.4 Å². The highest BCUT2D eigenvalue weighted by molar-refractivity contribution is 5.87. The van der Waals surface area contributed by atoms with Gasteiger partial charge in [-0.2, -0.15) is 5.10 Å². The molecular formula is C32H41F4N7O2. The second kappa shape index (κ2) is 11.6. The minimum Gasteiger partial charge on any atom is -0.366 e. The summed E-state index contributed by atoms with van der Waals surface area (Å²) in [5, 5.41) is 4.29. The van der Waals surface area contributed by atoms with Crippen LogP contribution in [-0.2, 0) is 21.6 Å². The number of hydrogen-bond acceptors (Lipinski definition) is 7. The Morgan fingerprint density at radius 2 is 1.91 bits per heavy atom. The third kappa shape index (κ3) is 5.01. The normalized spacial score (nSPS) is 30.2. The number of aromatic nitrogens is 3. The van der Waals surface area contributed by atoms with E-state index in [9.17, 15) is 22.4 Å². The number of ether oxygens (including phenoxy) is 1. The first kappa shape index (κ1) is 30.5. The van der Waals surface area contributed by atoms with Crippen LogP contribution in [0, 0.1) is 6.92 Å². The van der Waals surface area contributed by atoms with E-state index < -0.39 is 24.5 Å². The number of piperazine rings is 1. The average Bonchev–Trinajstić information content (AvgIpc) is 3.35. The molecule has 0 aromatic carbocycles. The van der Waals surface area contributed by atoms with Crippen LogP contribution >= 0.6 is 0 Å². The monoisotopic (exact) mass is 631 g/mol. The van der Waals surface area contributed by atoms with Gasteiger partial charge in [0.25, 0.3) is 12.9 Å². The fourth-order valence-corrected chi connectivity index (χ4v) is 8.54. The Morgan fingerprint density at radius 3 is 2.60 bits per heavy atom.